The number of hydrogen-bond acceptors (Lipinski definition) is 1. The predicted molar refractivity (Wildman–Crippen MR) is 167 cm³/mol. The summed E-state index contributed by atoms with van der Waals surface area (Å²) in [5.74, 6) is 0. The summed E-state index contributed by atoms with van der Waals surface area (Å²) in [7, 11) is -2.30. The van der Waals surface area contributed by atoms with Gasteiger partial charge < -0.3 is 4.57 Å². The third kappa shape index (κ3) is 3.03. The Balaban J connectivity index is 1.63. The van der Waals surface area contributed by atoms with Gasteiger partial charge in [-0.1, -0.05) is 103 Å². The third-order valence-corrected chi connectivity index (χ3v) is 9.79. The molecule has 0 aliphatic carbocycles. The fourth-order valence-corrected chi connectivity index (χ4v) is 7.33. The van der Waals surface area contributed by atoms with Crippen LogP contribution in [0.4, 0.5) is 0 Å². The molecule has 38 heavy (non-hydrogen) atoms. The molecule has 0 aliphatic rings. The molecule has 0 aromatic heterocycles. The molecular weight excluding hydrogens is 479 g/mol. The highest BCUT2D eigenvalue weighted by Gasteiger charge is 2.16. The first-order valence-corrected chi connectivity index (χ1v) is 15.7. The summed E-state index contributed by atoms with van der Waals surface area (Å²) in [6.45, 7) is 3.66. The summed E-state index contributed by atoms with van der Waals surface area (Å²) in [6, 6.07) is 42.1. The second-order valence-electron chi connectivity index (χ2n) is 10.9. The van der Waals surface area contributed by atoms with Gasteiger partial charge in [0.1, 0.15) is 7.14 Å². The van der Waals surface area contributed by atoms with Crippen LogP contribution in [0, 0.1) is 0 Å². The third-order valence-electron chi connectivity index (χ3n) is 8.25. The van der Waals surface area contributed by atoms with Crippen LogP contribution in [0.3, 0.4) is 0 Å². The van der Waals surface area contributed by atoms with E-state index in [9.17, 15) is 4.57 Å². The topological polar surface area (TPSA) is 17.1 Å². The minimum atomic E-state index is -2.30. The SMILES string of the molecule is CP(C)(=O)c1ccc(-c2cc3ccc4cccc5c6cccc7ccc8cccc(c(c2)c3c45)c8c76)cc1. The molecule has 0 unspecified atom stereocenters. The van der Waals surface area contributed by atoms with E-state index >= 15 is 0 Å². The van der Waals surface area contributed by atoms with Crippen LogP contribution in [0.25, 0.3) is 75.8 Å². The first kappa shape index (κ1) is 21.9. The number of rotatable bonds is 2. The Morgan fingerprint density at radius 1 is 0.421 bits per heavy atom. The molecule has 0 amide bonds. The molecule has 2 heteroatoms. The minimum Gasteiger partial charge on any atom is -0.319 e. The van der Waals surface area contributed by atoms with Gasteiger partial charge in [0, 0.05) is 5.30 Å². The second kappa shape index (κ2) is 7.67. The Hall–Kier alpha value is -4.19. The molecule has 0 N–H and O–H groups in total. The Kier molecular flexibility index (Phi) is 4.41. The van der Waals surface area contributed by atoms with Crippen LogP contribution >= 0.6 is 7.14 Å². The lowest BCUT2D eigenvalue weighted by Crippen LogP contribution is -2.01. The molecule has 180 valence electrons. The van der Waals surface area contributed by atoms with Crippen molar-refractivity contribution in [2.75, 3.05) is 13.3 Å². The van der Waals surface area contributed by atoms with Gasteiger partial charge in [0.05, 0.1) is 0 Å². The Morgan fingerprint density at radius 2 is 0.868 bits per heavy atom. The molecule has 0 bridgehead atoms. The molecule has 8 aromatic rings. The molecule has 1 nitrogen and oxygen atoms in total. The molecule has 0 saturated carbocycles. The molecule has 0 saturated heterocycles. The van der Waals surface area contributed by atoms with Crippen molar-refractivity contribution < 1.29 is 4.57 Å². The van der Waals surface area contributed by atoms with Gasteiger partial charge in [0.15, 0.2) is 0 Å². The zero-order valence-corrected chi connectivity index (χ0v) is 22.2. The highest BCUT2D eigenvalue weighted by Crippen LogP contribution is 2.44. The average Bonchev–Trinajstić information content (AvgIpc) is 2.94. The van der Waals surface area contributed by atoms with Crippen LogP contribution in [-0.4, -0.2) is 13.3 Å². The van der Waals surface area contributed by atoms with E-state index in [4.69, 9.17) is 0 Å². The minimum absolute atomic E-state index is 0.917. The summed E-state index contributed by atoms with van der Waals surface area (Å²) in [5, 5.41) is 16.4. The first-order valence-electron chi connectivity index (χ1n) is 13.1. The predicted octanol–water partition coefficient (Wildman–Crippen LogP) is 9.96. The maximum atomic E-state index is 12.6. The monoisotopic (exact) mass is 504 g/mol. The molecule has 0 radical (unpaired) electrons. The summed E-state index contributed by atoms with van der Waals surface area (Å²) in [4.78, 5) is 0. The molecule has 0 atom stereocenters. The van der Waals surface area contributed by atoms with Crippen LogP contribution in [0.5, 0.6) is 0 Å². The van der Waals surface area contributed by atoms with Gasteiger partial charge in [-0.05, 0) is 101 Å². The van der Waals surface area contributed by atoms with Gasteiger partial charge in [0.2, 0.25) is 0 Å². The van der Waals surface area contributed by atoms with Crippen molar-refractivity contribution in [3.05, 3.63) is 115 Å². The molecule has 0 fully saturated rings. The highest BCUT2D eigenvalue weighted by molar-refractivity contribution is 7.70. The smallest absolute Gasteiger partial charge is 0.109 e. The van der Waals surface area contributed by atoms with E-state index in [0.717, 1.165) is 10.9 Å². The highest BCUT2D eigenvalue weighted by atomic mass is 31.2. The van der Waals surface area contributed by atoms with Crippen LogP contribution < -0.4 is 5.30 Å². The summed E-state index contributed by atoms with van der Waals surface area (Å²) in [5.41, 5.74) is 2.32. The van der Waals surface area contributed by atoms with Gasteiger partial charge in [0.25, 0.3) is 0 Å². The Labute approximate surface area is 221 Å². The van der Waals surface area contributed by atoms with Crippen molar-refractivity contribution in [2.45, 2.75) is 0 Å². The quantitative estimate of drug-likeness (QED) is 0.169. The largest absolute Gasteiger partial charge is 0.319 e. The van der Waals surface area contributed by atoms with Gasteiger partial charge in [-0.15, -0.1) is 0 Å². The van der Waals surface area contributed by atoms with Crippen LogP contribution in [0.15, 0.2) is 115 Å². The zero-order valence-electron chi connectivity index (χ0n) is 21.3. The summed E-state index contributed by atoms with van der Waals surface area (Å²) < 4.78 is 12.6. The Bertz CT molecular complexity index is 2260. The standard InChI is InChI=1S/C36H25OP/c1-38(2,37)28-18-16-22(17-19-28)27-20-26-15-14-25-7-4-10-30-29-9-3-6-23-12-13-24-8-5-11-31(35(24)33(23)29)32(21-27)36(26)34(25)30/h3-21H,1-2H3. The van der Waals surface area contributed by atoms with Crippen LogP contribution in [0.2, 0.25) is 0 Å². The van der Waals surface area contributed by atoms with Crippen LogP contribution in [-0.2, 0) is 4.57 Å². The van der Waals surface area contributed by atoms with E-state index in [1.165, 1.54) is 70.2 Å². The maximum absolute atomic E-state index is 12.6. The summed E-state index contributed by atoms with van der Waals surface area (Å²) in [6.07, 6.45) is 0. The van der Waals surface area contributed by atoms with Crippen molar-refractivity contribution in [1.82, 2.24) is 0 Å². The fraction of sp³-hybridized carbons (Fsp3) is 0.0556. The van der Waals surface area contributed by atoms with Crippen molar-refractivity contribution in [1.29, 1.82) is 0 Å². The zero-order chi connectivity index (χ0) is 25.6. The lowest BCUT2D eigenvalue weighted by molar-refractivity contribution is 0.588. The molecule has 0 spiro atoms. The molecule has 8 aromatic carbocycles. The number of hydrogen-bond donors (Lipinski definition) is 0. The van der Waals surface area contributed by atoms with E-state index < -0.39 is 7.14 Å². The van der Waals surface area contributed by atoms with Crippen molar-refractivity contribution in [3.8, 4) is 11.1 Å². The molecule has 0 aliphatic heterocycles. The van der Waals surface area contributed by atoms with E-state index in [0.29, 0.717) is 0 Å². The normalized spacial score (nSPS) is 12.6. The van der Waals surface area contributed by atoms with Crippen molar-refractivity contribution in [3.63, 3.8) is 0 Å². The van der Waals surface area contributed by atoms with E-state index in [1.807, 2.05) is 25.5 Å². The lowest BCUT2D eigenvalue weighted by Gasteiger charge is -2.17. The molecule has 0 heterocycles. The first-order chi connectivity index (χ1) is 18.5. The fourth-order valence-electron chi connectivity index (χ4n) is 6.46. The van der Waals surface area contributed by atoms with E-state index in [-0.39, 0.29) is 0 Å². The number of fused-ring (bicyclic) bond motifs is 2. The average molecular weight is 505 g/mol. The van der Waals surface area contributed by atoms with Gasteiger partial charge in [-0.25, -0.2) is 0 Å². The van der Waals surface area contributed by atoms with E-state index in [2.05, 4.69) is 103 Å². The maximum Gasteiger partial charge on any atom is 0.109 e. The van der Waals surface area contributed by atoms with E-state index in [1.54, 1.807) is 0 Å². The Morgan fingerprint density at radius 3 is 1.37 bits per heavy atom. The van der Waals surface area contributed by atoms with Gasteiger partial charge in [-0.2, -0.15) is 0 Å². The lowest BCUT2D eigenvalue weighted by atomic mass is 9.86. The second-order valence-corrected chi connectivity index (χ2v) is 14.1. The van der Waals surface area contributed by atoms with Gasteiger partial charge in [-0.3, -0.25) is 0 Å². The van der Waals surface area contributed by atoms with Crippen LogP contribution in [0.1, 0.15) is 0 Å². The molecule has 8 rings (SSSR count). The number of benzene rings is 7. The summed E-state index contributed by atoms with van der Waals surface area (Å²) >= 11 is 0. The van der Waals surface area contributed by atoms with Gasteiger partial charge >= 0.3 is 0 Å². The van der Waals surface area contributed by atoms with Crippen molar-refractivity contribution in [2.24, 2.45) is 0 Å². The van der Waals surface area contributed by atoms with Crippen molar-refractivity contribution >= 4 is 77.1 Å². The molecular formula is C36H25OP.